The van der Waals surface area contributed by atoms with E-state index in [0.717, 1.165) is 6.26 Å². The number of ether oxygens (including phenoxy) is 2. The first-order chi connectivity index (χ1) is 15.5. The average molecular weight is 585 g/mol. The highest BCUT2D eigenvalue weighted by Gasteiger charge is 2.31. The Kier molecular flexibility index (Phi) is 13.4. The summed E-state index contributed by atoms with van der Waals surface area (Å²) in [6, 6.07) is 4.56. The molecule has 1 aromatic carbocycles. The fraction of sp³-hybridized carbons (Fsp3) is 0.550. The molecule has 8 nitrogen and oxygen atoms in total. The minimum atomic E-state index is -3.46. The number of benzene rings is 1. The molecule has 13 heteroatoms. The molecule has 0 heterocycles. The zero-order valence-corrected chi connectivity index (χ0v) is 21.9. The van der Waals surface area contributed by atoms with Crippen LogP contribution in [0.1, 0.15) is 37.4 Å². The lowest BCUT2D eigenvalue weighted by Crippen LogP contribution is -2.46. The van der Waals surface area contributed by atoms with Crippen LogP contribution in [0.5, 0.6) is 0 Å². The van der Waals surface area contributed by atoms with Gasteiger partial charge in [0.15, 0.2) is 20.8 Å². The lowest BCUT2D eigenvalue weighted by molar-refractivity contribution is -0.155. The highest BCUT2D eigenvalue weighted by atomic mass is 79.9. The van der Waals surface area contributed by atoms with Crippen LogP contribution in [0.4, 0.5) is 0 Å². The van der Waals surface area contributed by atoms with E-state index in [0.29, 0.717) is 30.1 Å². The molecule has 1 aromatic rings. The van der Waals surface area contributed by atoms with Crippen molar-refractivity contribution in [3.63, 3.8) is 0 Å². The lowest BCUT2D eigenvalue weighted by Gasteiger charge is -2.28. The number of rotatable bonds is 14. The third-order valence-corrected chi connectivity index (χ3v) is 6.40. The van der Waals surface area contributed by atoms with Gasteiger partial charge in [0.25, 0.3) is 5.91 Å². The molecule has 33 heavy (non-hydrogen) atoms. The van der Waals surface area contributed by atoms with E-state index < -0.39 is 44.7 Å². The standard InChI is InChI=1S/C20H25BBrCl2NO7S/c1-33(29,30)14-8-6-13(7-9-14)18(32-17(27)5-3-11-22)15(25-20(28)19(23)24)12-31-16(26)4-2-10-21/h6-9,15,18-19H,2-5,10-12H2,1H3,(H,25,28)/t15-,18-/m1/s1. The third-order valence-electron chi connectivity index (χ3n) is 4.31. The summed E-state index contributed by atoms with van der Waals surface area (Å²) < 4.78 is 34.4. The van der Waals surface area contributed by atoms with E-state index in [-0.39, 0.29) is 24.3 Å². The van der Waals surface area contributed by atoms with Crippen molar-refractivity contribution in [2.75, 3.05) is 18.2 Å². The molecule has 0 saturated heterocycles. The summed E-state index contributed by atoms with van der Waals surface area (Å²) in [6.45, 7) is -0.347. The van der Waals surface area contributed by atoms with Crippen LogP contribution in [-0.2, 0) is 33.7 Å². The van der Waals surface area contributed by atoms with Crippen molar-refractivity contribution in [1.29, 1.82) is 0 Å². The summed E-state index contributed by atoms with van der Waals surface area (Å²) in [6.07, 6.45) is 1.34. The van der Waals surface area contributed by atoms with Crippen molar-refractivity contribution in [1.82, 2.24) is 5.32 Å². The number of alkyl halides is 3. The highest BCUT2D eigenvalue weighted by Crippen LogP contribution is 2.25. The molecule has 0 aliphatic rings. The number of amides is 1. The molecule has 0 unspecified atom stereocenters. The number of nitrogens with one attached hydrogen (secondary N) is 1. The average Bonchev–Trinajstić information content (AvgIpc) is 2.76. The van der Waals surface area contributed by atoms with Crippen LogP contribution in [0.2, 0.25) is 6.32 Å². The summed E-state index contributed by atoms with van der Waals surface area (Å²) in [5, 5.41) is 3.10. The Morgan fingerprint density at radius 3 is 2.21 bits per heavy atom. The number of sulfone groups is 1. The molecule has 0 aromatic heterocycles. The van der Waals surface area contributed by atoms with Crippen LogP contribution in [0, 0.1) is 0 Å². The molecule has 1 amide bonds. The molecule has 182 valence electrons. The van der Waals surface area contributed by atoms with E-state index in [1.165, 1.54) is 24.3 Å². The van der Waals surface area contributed by atoms with E-state index >= 15 is 0 Å². The van der Waals surface area contributed by atoms with Crippen molar-refractivity contribution >= 4 is 74.7 Å². The van der Waals surface area contributed by atoms with Gasteiger partial charge in [0.2, 0.25) is 0 Å². The fourth-order valence-electron chi connectivity index (χ4n) is 2.65. The number of hydrogen-bond donors (Lipinski definition) is 1. The van der Waals surface area contributed by atoms with E-state index in [1.54, 1.807) is 0 Å². The van der Waals surface area contributed by atoms with Gasteiger partial charge in [0.1, 0.15) is 12.6 Å². The van der Waals surface area contributed by atoms with Gasteiger partial charge < -0.3 is 14.8 Å². The molecule has 2 atom stereocenters. The monoisotopic (exact) mass is 583 g/mol. The molecule has 0 bridgehead atoms. The molecule has 2 radical (unpaired) electrons. The van der Waals surface area contributed by atoms with E-state index in [2.05, 4.69) is 21.2 Å². The topological polar surface area (TPSA) is 116 Å². The third kappa shape index (κ3) is 11.1. The smallest absolute Gasteiger partial charge is 0.306 e. The van der Waals surface area contributed by atoms with Crippen LogP contribution < -0.4 is 5.32 Å². The summed E-state index contributed by atoms with van der Waals surface area (Å²) in [5.41, 5.74) is 0.374. The fourth-order valence-corrected chi connectivity index (χ4v) is 3.69. The quantitative estimate of drug-likeness (QED) is 0.203. The summed E-state index contributed by atoms with van der Waals surface area (Å²) >= 11 is 14.5. The summed E-state index contributed by atoms with van der Waals surface area (Å²) in [7, 11) is 1.94. The predicted molar refractivity (Wildman–Crippen MR) is 130 cm³/mol. The molecular formula is C20H25BBrCl2NO7S. The van der Waals surface area contributed by atoms with Crippen LogP contribution in [0.25, 0.3) is 0 Å². The Hall–Kier alpha value is -1.30. The van der Waals surface area contributed by atoms with Crippen LogP contribution in [0.3, 0.4) is 0 Å². The Morgan fingerprint density at radius 2 is 1.70 bits per heavy atom. The Morgan fingerprint density at radius 1 is 1.09 bits per heavy atom. The first-order valence-electron chi connectivity index (χ1n) is 9.99. The second-order valence-corrected chi connectivity index (χ2v) is 10.9. The molecular weight excluding hydrogens is 560 g/mol. The van der Waals surface area contributed by atoms with Gasteiger partial charge in [0.05, 0.1) is 12.7 Å². The molecule has 0 spiro atoms. The van der Waals surface area contributed by atoms with E-state index in [1.807, 2.05) is 0 Å². The highest BCUT2D eigenvalue weighted by molar-refractivity contribution is 9.09. The number of hydrogen-bond acceptors (Lipinski definition) is 7. The number of carbonyl (C=O) groups is 3. The Balaban J connectivity index is 3.26. The van der Waals surface area contributed by atoms with Crippen molar-refractivity contribution in [3.05, 3.63) is 29.8 Å². The molecule has 0 saturated carbocycles. The second kappa shape index (κ2) is 14.9. The van der Waals surface area contributed by atoms with E-state index in [4.69, 9.17) is 40.5 Å². The van der Waals surface area contributed by atoms with Crippen LogP contribution >= 0.6 is 39.1 Å². The van der Waals surface area contributed by atoms with Crippen molar-refractivity contribution in [2.45, 2.75) is 53.9 Å². The van der Waals surface area contributed by atoms with Crippen molar-refractivity contribution in [3.8, 4) is 0 Å². The maximum absolute atomic E-state index is 12.4. The maximum atomic E-state index is 12.4. The molecule has 1 rings (SSSR count). The maximum Gasteiger partial charge on any atom is 0.306 e. The Labute approximate surface area is 213 Å². The van der Waals surface area contributed by atoms with Gasteiger partial charge in [-0.2, -0.15) is 0 Å². The van der Waals surface area contributed by atoms with Gasteiger partial charge in [-0.05, 0) is 24.1 Å². The van der Waals surface area contributed by atoms with Crippen LogP contribution in [0.15, 0.2) is 29.2 Å². The molecule has 0 aliphatic carbocycles. The number of halogens is 3. The van der Waals surface area contributed by atoms with Gasteiger partial charge in [-0.3, -0.25) is 14.4 Å². The van der Waals surface area contributed by atoms with Gasteiger partial charge >= 0.3 is 11.9 Å². The van der Waals surface area contributed by atoms with Crippen LogP contribution in [-0.4, -0.2) is 63.2 Å². The van der Waals surface area contributed by atoms with Gasteiger partial charge in [-0.1, -0.05) is 64.0 Å². The Bertz CT molecular complexity index is 900. The van der Waals surface area contributed by atoms with Gasteiger partial charge in [-0.25, -0.2) is 8.42 Å². The summed E-state index contributed by atoms with van der Waals surface area (Å²) in [4.78, 5) is 35.2. The molecule has 0 fully saturated rings. The molecule has 0 aliphatic heterocycles. The first kappa shape index (κ1) is 29.7. The first-order valence-corrected chi connectivity index (χ1v) is 13.9. The second-order valence-electron chi connectivity index (χ2n) is 7.04. The summed E-state index contributed by atoms with van der Waals surface area (Å²) in [5.74, 6) is -1.89. The predicted octanol–water partition coefficient (Wildman–Crippen LogP) is 3.05. The van der Waals surface area contributed by atoms with Gasteiger partial charge in [-0.15, -0.1) is 0 Å². The minimum absolute atomic E-state index is 0.0611. The number of esters is 2. The van der Waals surface area contributed by atoms with Gasteiger partial charge in [0, 0.05) is 24.4 Å². The number of carbonyl (C=O) groups excluding carboxylic acids is 3. The van der Waals surface area contributed by atoms with Crippen molar-refractivity contribution in [2.24, 2.45) is 0 Å². The zero-order chi connectivity index (χ0) is 25.0. The largest absolute Gasteiger partial charge is 0.463 e. The molecule has 1 N–H and O–H groups in total. The van der Waals surface area contributed by atoms with Crippen molar-refractivity contribution < 1.29 is 32.3 Å². The minimum Gasteiger partial charge on any atom is -0.463 e. The SMILES string of the molecule is [B]CCCC(=O)OC[C@@H](NC(=O)C(Cl)Cl)[C@H](OC(=O)CCCBr)c1ccc(S(C)(=O)=O)cc1. The normalized spacial score (nSPS) is 13.2. The zero-order valence-electron chi connectivity index (χ0n) is 18.0. The lowest BCUT2D eigenvalue weighted by atomic mass is 10.0. The van der Waals surface area contributed by atoms with E-state index in [9.17, 15) is 22.8 Å².